The van der Waals surface area contributed by atoms with Crippen LogP contribution in [-0.4, -0.2) is 19.2 Å². The molecule has 0 spiro atoms. The molecule has 2 aliphatic heterocycles. The topological polar surface area (TPSA) is 24.6 Å². The Morgan fingerprint density at radius 2 is 1.88 bits per heavy atom. The van der Waals surface area contributed by atoms with Gasteiger partial charge in [-0.15, -0.1) is 0 Å². The number of piperidine rings is 1. The minimum atomic E-state index is 0.385. The number of nitrogens with one attached hydrogen (secondary N) is 1. The molecule has 2 atom stereocenters. The van der Waals surface area contributed by atoms with Crippen molar-refractivity contribution < 1.29 is 4.74 Å². The van der Waals surface area contributed by atoms with Gasteiger partial charge in [-0.25, -0.2) is 0 Å². The van der Waals surface area contributed by atoms with Crippen LogP contribution in [0, 0.1) is 5.92 Å². The number of rotatable bonds is 3. The van der Waals surface area contributed by atoms with E-state index in [1.165, 1.54) is 37.9 Å². The maximum absolute atomic E-state index is 5.79. The molecule has 0 aromatic heterocycles. The molecular formula is C14H19NO. The van der Waals surface area contributed by atoms with Crippen molar-refractivity contribution in [1.29, 1.82) is 0 Å². The van der Waals surface area contributed by atoms with E-state index in [0.717, 1.165) is 5.92 Å². The molecule has 0 saturated carbocycles. The van der Waals surface area contributed by atoms with Crippen molar-refractivity contribution in [2.45, 2.75) is 31.5 Å². The zero-order valence-electron chi connectivity index (χ0n) is 9.56. The van der Waals surface area contributed by atoms with Gasteiger partial charge < -0.3 is 10.1 Å². The van der Waals surface area contributed by atoms with E-state index in [2.05, 4.69) is 35.6 Å². The Labute approximate surface area is 97.0 Å². The summed E-state index contributed by atoms with van der Waals surface area (Å²) in [7, 11) is 0. The Hall–Kier alpha value is -0.860. The highest BCUT2D eigenvalue weighted by Crippen LogP contribution is 2.43. The Kier molecular flexibility index (Phi) is 2.94. The molecule has 2 heteroatoms. The van der Waals surface area contributed by atoms with Gasteiger partial charge in [0.2, 0.25) is 0 Å². The van der Waals surface area contributed by atoms with Gasteiger partial charge in [0.15, 0.2) is 0 Å². The summed E-state index contributed by atoms with van der Waals surface area (Å²) in [5, 5.41) is 3.41. The molecule has 2 saturated heterocycles. The van der Waals surface area contributed by atoms with E-state index in [1.54, 1.807) is 0 Å². The first-order valence-corrected chi connectivity index (χ1v) is 6.34. The van der Waals surface area contributed by atoms with E-state index in [0.29, 0.717) is 12.2 Å². The predicted octanol–water partition coefficient (Wildman–Crippen LogP) is 2.52. The molecule has 0 bridgehead atoms. The summed E-state index contributed by atoms with van der Waals surface area (Å²) in [6.07, 6.45) is 4.77. The molecule has 2 fully saturated rings. The van der Waals surface area contributed by atoms with Crippen molar-refractivity contribution in [3.63, 3.8) is 0 Å². The summed E-state index contributed by atoms with van der Waals surface area (Å²) in [5.41, 5.74) is 1.35. The maximum Gasteiger partial charge on any atom is 0.109 e. The molecule has 16 heavy (non-hydrogen) atoms. The van der Waals surface area contributed by atoms with Gasteiger partial charge in [-0.05, 0) is 43.8 Å². The quantitative estimate of drug-likeness (QED) is 0.787. The average Bonchev–Trinajstić information content (AvgIpc) is 3.11. The molecule has 0 aliphatic carbocycles. The zero-order chi connectivity index (χ0) is 10.8. The van der Waals surface area contributed by atoms with Crippen molar-refractivity contribution in [3.05, 3.63) is 35.9 Å². The van der Waals surface area contributed by atoms with Crippen LogP contribution >= 0.6 is 0 Å². The number of hydrogen-bond donors (Lipinski definition) is 1. The molecule has 2 nitrogen and oxygen atoms in total. The van der Waals surface area contributed by atoms with Gasteiger partial charge in [-0.2, -0.15) is 0 Å². The fourth-order valence-corrected chi connectivity index (χ4v) is 2.70. The zero-order valence-corrected chi connectivity index (χ0v) is 9.56. The third kappa shape index (κ3) is 2.28. The first-order valence-electron chi connectivity index (χ1n) is 6.34. The van der Waals surface area contributed by atoms with Crippen molar-refractivity contribution in [1.82, 2.24) is 5.32 Å². The van der Waals surface area contributed by atoms with Crippen molar-refractivity contribution in [3.8, 4) is 0 Å². The first-order chi connectivity index (χ1) is 7.93. The molecule has 86 valence electrons. The molecule has 1 N–H and O–H groups in total. The molecule has 0 radical (unpaired) electrons. The number of benzene rings is 1. The minimum Gasteiger partial charge on any atom is -0.364 e. The van der Waals surface area contributed by atoms with Gasteiger partial charge in [0, 0.05) is 0 Å². The van der Waals surface area contributed by atoms with Crippen molar-refractivity contribution in [2.75, 3.05) is 13.1 Å². The van der Waals surface area contributed by atoms with Gasteiger partial charge >= 0.3 is 0 Å². The van der Waals surface area contributed by atoms with E-state index in [4.69, 9.17) is 4.74 Å². The average molecular weight is 217 g/mol. The molecule has 3 rings (SSSR count). The Balaban J connectivity index is 1.52. The van der Waals surface area contributed by atoms with E-state index in [1.807, 2.05) is 0 Å². The van der Waals surface area contributed by atoms with Gasteiger partial charge in [-0.1, -0.05) is 30.3 Å². The van der Waals surface area contributed by atoms with Crippen LogP contribution in [0.4, 0.5) is 0 Å². The fraction of sp³-hybridized carbons (Fsp3) is 0.571. The van der Waals surface area contributed by atoms with Crippen LogP contribution in [0.2, 0.25) is 0 Å². The van der Waals surface area contributed by atoms with Crippen LogP contribution in [0.3, 0.4) is 0 Å². The highest BCUT2D eigenvalue weighted by molar-refractivity contribution is 5.22. The largest absolute Gasteiger partial charge is 0.364 e. The lowest BCUT2D eigenvalue weighted by Gasteiger charge is -2.21. The second-order valence-electron chi connectivity index (χ2n) is 4.93. The Morgan fingerprint density at radius 1 is 1.12 bits per heavy atom. The summed E-state index contributed by atoms with van der Waals surface area (Å²) < 4.78 is 5.79. The van der Waals surface area contributed by atoms with E-state index in [9.17, 15) is 0 Å². The van der Waals surface area contributed by atoms with E-state index in [-0.39, 0.29) is 0 Å². The number of ether oxygens (including phenoxy) is 1. The summed E-state index contributed by atoms with van der Waals surface area (Å²) >= 11 is 0. The third-order valence-corrected chi connectivity index (χ3v) is 3.73. The lowest BCUT2D eigenvalue weighted by molar-refractivity contribution is 0.297. The van der Waals surface area contributed by atoms with Crippen LogP contribution < -0.4 is 5.32 Å². The van der Waals surface area contributed by atoms with Gasteiger partial charge in [0.1, 0.15) is 6.10 Å². The highest BCUT2D eigenvalue weighted by Gasteiger charge is 2.41. The Bertz CT molecular complexity index is 332. The van der Waals surface area contributed by atoms with Crippen LogP contribution in [0.15, 0.2) is 30.3 Å². The smallest absolute Gasteiger partial charge is 0.109 e. The maximum atomic E-state index is 5.79. The second kappa shape index (κ2) is 4.56. The second-order valence-corrected chi connectivity index (χ2v) is 4.93. The van der Waals surface area contributed by atoms with Crippen LogP contribution in [0.5, 0.6) is 0 Å². The molecule has 2 heterocycles. The summed E-state index contributed by atoms with van der Waals surface area (Å²) in [5.74, 6) is 0.875. The van der Waals surface area contributed by atoms with Crippen LogP contribution in [0.1, 0.15) is 30.9 Å². The lowest BCUT2D eigenvalue weighted by atomic mass is 9.91. The summed E-state index contributed by atoms with van der Waals surface area (Å²) in [4.78, 5) is 0. The standard InChI is InChI=1S/C14H19NO/c1-2-4-12(5-3-1)14-13(16-14)10-11-6-8-15-9-7-11/h1-5,11,13-15H,6-10H2/t13-,14-/m0/s1. The van der Waals surface area contributed by atoms with E-state index >= 15 is 0 Å². The van der Waals surface area contributed by atoms with Gasteiger partial charge in [0.25, 0.3) is 0 Å². The van der Waals surface area contributed by atoms with Crippen molar-refractivity contribution >= 4 is 0 Å². The fourth-order valence-electron chi connectivity index (χ4n) is 2.70. The van der Waals surface area contributed by atoms with Crippen LogP contribution in [-0.2, 0) is 4.74 Å². The molecule has 1 aromatic rings. The normalized spacial score (nSPS) is 30.2. The van der Waals surface area contributed by atoms with Crippen molar-refractivity contribution in [2.24, 2.45) is 5.92 Å². The number of epoxide rings is 1. The molecule has 2 aliphatic rings. The van der Waals surface area contributed by atoms with Gasteiger partial charge in [-0.3, -0.25) is 0 Å². The molecular weight excluding hydrogens is 198 g/mol. The highest BCUT2D eigenvalue weighted by atomic mass is 16.6. The summed E-state index contributed by atoms with van der Waals surface area (Å²) in [6, 6.07) is 10.6. The van der Waals surface area contributed by atoms with E-state index < -0.39 is 0 Å². The summed E-state index contributed by atoms with van der Waals surface area (Å²) in [6.45, 7) is 2.38. The van der Waals surface area contributed by atoms with Crippen LogP contribution in [0.25, 0.3) is 0 Å². The molecule has 0 amide bonds. The Morgan fingerprint density at radius 3 is 2.62 bits per heavy atom. The lowest BCUT2D eigenvalue weighted by Crippen LogP contribution is -2.28. The minimum absolute atomic E-state index is 0.385. The van der Waals surface area contributed by atoms with Gasteiger partial charge in [0.05, 0.1) is 6.10 Å². The number of hydrogen-bond acceptors (Lipinski definition) is 2. The predicted molar refractivity (Wildman–Crippen MR) is 64.3 cm³/mol. The first kappa shape index (κ1) is 10.3. The monoisotopic (exact) mass is 217 g/mol. The third-order valence-electron chi connectivity index (χ3n) is 3.73. The molecule has 1 aromatic carbocycles. The SMILES string of the molecule is c1ccc([C@@H]2O[C@H]2CC2CCNCC2)cc1. The molecule has 0 unspecified atom stereocenters.